The quantitative estimate of drug-likeness (QED) is 0.829. The predicted molar refractivity (Wildman–Crippen MR) is 84.7 cm³/mol. The molecular weight excluding hydrogens is 325 g/mol. The van der Waals surface area contributed by atoms with Gasteiger partial charge in [-0.1, -0.05) is 48.5 Å². The fraction of sp³-hybridized carbons (Fsp3) is 0.375. The highest BCUT2D eigenvalue weighted by molar-refractivity contribution is 6.41. The summed E-state index contributed by atoms with van der Waals surface area (Å²) in [4.78, 5) is 26.2. The maximum Gasteiger partial charge on any atom is 0.296 e. The fourth-order valence-corrected chi connectivity index (χ4v) is 3.64. The summed E-state index contributed by atoms with van der Waals surface area (Å²) >= 11 is 12.0. The van der Waals surface area contributed by atoms with Crippen LogP contribution in [0.5, 0.6) is 0 Å². The van der Waals surface area contributed by atoms with Crippen LogP contribution in [0.25, 0.3) is 5.57 Å². The van der Waals surface area contributed by atoms with Crippen molar-refractivity contribution in [1.82, 2.24) is 4.90 Å². The van der Waals surface area contributed by atoms with E-state index in [9.17, 15) is 14.7 Å². The van der Waals surface area contributed by atoms with Crippen molar-refractivity contribution in [2.75, 3.05) is 0 Å². The van der Waals surface area contributed by atoms with Gasteiger partial charge in [-0.25, -0.2) is 0 Å². The lowest BCUT2D eigenvalue weighted by atomic mass is 9.94. The summed E-state index contributed by atoms with van der Waals surface area (Å²) in [6, 6.07) is 4.47. The number of hydrogen-bond acceptors (Lipinski definition) is 3. The van der Waals surface area contributed by atoms with Crippen LogP contribution in [-0.4, -0.2) is 27.9 Å². The van der Waals surface area contributed by atoms with Crippen LogP contribution in [-0.2, 0) is 9.59 Å². The molecule has 0 aromatic heterocycles. The van der Waals surface area contributed by atoms with Crippen LogP contribution in [0.1, 0.15) is 37.7 Å². The first-order valence-corrected chi connectivity index (χ1v) is 8.03. The maximum absolute atomic E-state index is 12.7. The second-order valence-corrected chi connectivity index (χ2v) is 6.46. The second-order valence-electron chi connectivity index (χ2n) is 5.62. The summed E-state index contributed by atoms with van der Waals surface area (Å²) in [5.74, 6) is -1.63. The van der Waals surface area contributed by atoms with Gasteiger partial charge in [-0.3, -0.25) is 14.5 Å². The average Bonchev–Trinajstić information content (AvgIpc) is 2.71. The Kier molecular flexibility index (Phi) is 4.15. The van der Waals surface area contributed by atoms with Gasteiger partial charge in [0.25, 0.3) is 11.8 Å². The van der Waals surface area contributed by atoms with Crippen LogP contribution in [0.4, 0.5) is 0 Å². The number of halogens is 2. The minimum Gasteiger partial charge on any atom is -0.502 e. The van der Waals surface area contributed by atoms with Crippen LogP contribution < -0.4 is 0 Å². The van der Waals surface area contributed by atoms with E-state index in [4.69, 9.17) is 23.2 Å². The van der Waals surface area contributed by atoms with Gasteiger partial charge < -0.3 is 5.11 Å². The van der Waals surface area contributed by atoms with Gasteiger partial charge in [0, 0.05) is 16.6 Å². The summed E-state index contributed by atoms with van der Waals surface area (Å²) in [6.45, 7) is 0. The van der Waals surface area contributed by atoms with Crippen molar-refractivity contribution >= 4 is 40.6 Å². The molecule has 4 nitrogen and oxygen atoms in total. The number of hydrogen-bond donors (Lipinski definition) is 1. The van der Waals surface area contributed by atoms with E-state index in [0.717, 1.165) is 32.1 Å². The normalized spacial score (nSPS) is 20.2. The average molecular weight is 340 g/mol. The Hall–Kier alpha value is -1.52. The Balaban J connectivity index is 1.98. The van der Waals surface area contributed by atoms with Crippen LogP contribution in [0.2, 0.25) is 10.0 Å². The van der Waals surface area contributed by atoms with E-state index >= 15 is 0 Å². The largest absolute Gasteiger partial charge is 0.502 e. The minimum absolute atomic E-state index is 0.0303. The molecule has 0 saturated heterocycles. The monoisotopic (exact) mass is 339 g/mol. The number of benzene rings is 1. The molecule has 1 heterocycles. The molecule has 1 aliphatic heterocycles. The van der Waals surface area contributed by atoms with Crippen LogP contribution in [0.15, 0.2) is 24.0 Å². The molecule has 0 atom stereocenters. The first-order chi connectivity index (χ1) is 10.5. The van der Waals surface area contributed by atoms with E-state index in [-0.39, 0.29) is 16.6 Å². The maximum atomic E-state index is 12.7. The molecule has 3 rings (SSSR count). The first kappa shape index (κ1) is 15.4. The van der Waals surface area contributed by atoms with Crippen molar-refractivity contribution < 1.29 is 14.7 Å². The van der Waals surface area contributed by atoms with Gasteiger partial charge >= 0.3 is 0 Å². The van der Waals surface area contributed by atoms with E-state index in [1.165, 1.54) is 11.0 Å². The Morgan fingerprint density at radius 2 is 1.73 bits per heavy atom. The molecule has 6 heteroatoms. The minimum atomic E-state index is -0.627. The molecule has 0 radical (unpaired) electrons. The fourth-order valence-electron chi connectivity index (χ4n) is 3.14. The smallest absolute Gasteiger partial charge is 0.296 e. The summed E-state index contributed by atoms with van der Waals surface area (Å²) in [7, 11) is 0. The van der Waals surface area contributed by atoms with E-state index in [1.807, 2.05) is 0 Å². The topological polar surface area (TPSA) is 57.6 Å². The van der Waals surface area contributed by atoms with E-state index < -0.39 is 17.6 Å². The lowest BCUT2D eigenvalue weighted by molar-refractivity contribution is -0.141. The number of imide groups is 1. The summed E-state index contributed by atoms with van der Waals surface area (Å²) in [6.07, 6.45) is 4.65. The summed E-state index contributed by atoms with van der Waals surface area (Å²) in [5, 5.41) is 10.8. The molecule has 0 unspecified atom stereocenters. The number of amides is 2. The van der Waals surface area contributed by atoms with Crippen LogP contribution in [0.3, 0.4) is 0 Å². The third-order valence-electron chi connectivity index (χ3n) is 4.23. The van der Waals surface area contributed by atoms with Crippen LogP contribution in [0, 0.1) is 0 Å². The molecule has 2 aliphatic rings. The number of aliphatic hydroxyl groups is 1. The Bertz CT molecular complexity index is 678. The molecule has 1 saturated carbocycles. The van der Waals surface area contributed by atoms with Crippen molar-refractivity contribution in [2.24, 2.45) is 0 Å². The van der Waals surface area contributed by atoms with Crippen molar-refractivity contribution in [3.05, 3.63) is 39.6 Å². The summed E-state index contributed by atoms with van der Waals surface area (Å²) < 4.78 is 0. The van der Waals surface area contributed by atoms with Crippen molar-refractivity contribution in [3.8, 4) is 0 Å². The number of carbonyl (C=O) groups excluding carboxylic acids is 2. The highest BCUT2D eigenvalue weighted by atomic mass is 35.5. The van der Waals surface area contributed by atoms with Crippen LogP contribution >= 0.6 is 23.2 Å². The molecule has 116 valence electrons. The molecule has 1 fully saturated rings. The van der Waals surface area contributed by atoms with Gasteiger partial charge in [0.05, 0.1) is 10.6 Å². The number of carbonyl (C=O) groups is 2. The highest BCUT2D eigenvalue weighted by Gasteiger charge is 2.43. The Labute approximate surface area is 138 Å². The van der Waals surface area contributed by atoms with Gasteiger partial charge in [-0.2, -0.15) is 0 Å². The predicted octanol–water partition coefficient (Wildman–Crippen LogP) is 3.96. The molecule has 0 spiro atoms. The van der Waals surface area contributed by atoms with Gasteiger partial charge in [0.15, 0.2) is 5.76 Å². The second kappa shape index (κ2) is 5.94. The standard InChI is InChI=1S/C16H15Cl2NO3/c17-9-6-7-11(12(18)8-9)13-14(20)16(22)19(15(13)21)10-4-2-1-3-5-10/h6-8,10,20H,1-5H2. The molecule has 1 aliphatic carbocycles. The van der Waals surface area contributed by atoms with Gasteiger partial charge in [0.1, 0.15) is 0 Å². The molecular formula is C16H15Cl2NO3. The van der Waals surface area contributed by atoms with Crippen molar-refractivity contribution in [1.29, 1.82) is 0 Å². The van der Waals surface area contributed by atoms with E-state index in [2.05, 4.69) is 0 Å². The Morgan fingerprint density at radius 3 is 2.36 bits per heavy atom. The zero-order chi connectivity index (χ0) is 15.9. The molecule has 1 aromatic carbocycles. The molecule has 22 heavy (non-hydrogen) atoms. The van der Waals surface area contributed by atoms with Crippen molar-refractivity contribution in [3.63, 3.8) is 0 Å². The number of nitrogens with zero attached hydrogens (tertiary/aromatic N) is 1. The lowest BCUT2D eigenvalue weighted by Crippen LogP contribution is -2.42. The van der Waals surface area contributed by atoms with E-state index in [1.54, 1.807) is 12.1 Å². The molecule has 0 bridgehead atoms. The third kappa shape index (κ3) is 2.50. The molecule has 1 N–H and O–H groups in total. The Morgan fingerprint density at radius 1 is 1.05 bits per heavy atom. The zero-order valence-corrected chi connectivity index (χ0v) is 13.3. The molecule has 2 amide bonds. The third-order valence-corrected chi connectivity index (χ3v) is 4.78. The number of aliphatic hydroxyl groups excluding tert-OH is 1. The highest BCUT2D eigenvalue weighted by Crippen LogP contribution is 2.36. The lowest BCUT2D eigenvalue weighted by Gasteiger charge is -2.29. The van der Waals surface area contributed by atoms with Crippen molar-refractivity contribution in [2.45, 2.75) is 38.1 Å². The zero-order valence-electron chi connectivity index (χ0n) is 11.8. The van der Waals surface area contributed by atoms with Gasteiger partial charge in [-0.15, -0.1) is 0 Å². The van der Waals surface area contributed by atoms with Gasteiger partial charge in [-0.05, 0) is 25.0 Å². The number of rotatable bonds is 2. The van der Waals surface area contributed by atoms with Gasteiger partial charge in [0.2, 0.25) is 0 Å². The summed E-state index contributed by atoms with van der Waals surface area (Å²) in [5.41, 5.74) is 0.303. The van der Waals surface area contributed by atoms with E-state index in [0.29, 0.717) is 10.6 Å². The first-order valence-electron chi connectivity index (χ1n) is 7.27. The molecule has 1 aromatic rings. The SMILES string of the molecule is O=C1C(O)=C(c2ccc(Cl)cc2Cl)C(=O)N1C1CCCCC1.